The Balaban J connectivity index is 4.42. The number of rotatable bonds is 5. The number of allylic oxidation sites excluding steroid dienone is 1. The molecule has 0 aliphatic heterocycles. The topological polar surface area (TPSA) is 36.1 Å². The summed E-state index contributed by atoms with van der Waals surface area (Å²) in [4.78, 5) is 0. The molecule has 0 aromatic heterocycles. The molecule has 0 fully saturated rings. The van der Waals surface area contributed by atoms with Crippen molar-refractivity contribution in [1.82, 2.24) is 16.0 Å². The number of hydrogen-bond acceptors (Lipinski definition) is 3. The molecule has 0 rings (SSSR count). The van der Waals surface area contributed by atoms with Gasteiger partial charge in [-0.15, -0.1) is 0 Å². The summed E-state index contributed by atoms with van der Waals surface area (Å²) in [7, 11) is 5.83. The lowest BCUT2D eigenvalue weighted by Crippen LogP contribution is -2.50. The van der Waals surface area contributed by atoms with Crippen LogP contribution >= 0.6 is 0 Å². The lowest BCUT2D eigenvalue weighted by Gasteiger charge is -2.26. The normalized spacial score (nSPS) is 13.2. The van der Waals surface area contributed by atoms with Gasteiger partial charge in [-0.3, -0.25) is 10.6 Å². The van der Waals surface area contributed by atoms with Crippen LogP contribution < -0.4 is 16.0 Å². The molecule has 0 saturated heterocycles. The SMILES string of the molecule is CC/C(=C/C(C)(NC)NC)NC. The van der Waals surface area contributed by atoms with Crippen LogP contribution in [0.4, 0.5) is 0 Å². The minimum atomic E-state index is -0.117. The van der Waals surface area contributed by atoms with Gasteiger partial charge in [0.05, 0.1) is 5.66 Å². The highest BCUT2D eigenvalue weighted by molar-refractivity contribution is 5.09. The van der Waals surface area contributed by atoms with Gasteiger partial charge in [-0.05, 0) is 33.5 Å². The van der Waals surface area contributed by atoms with Crippen LogP contribution in [-0.4, -0.2) is 26.8 Å². The van der Waals surface area contributed by atoms with Crippen LogP contribution in [0.2, 0.25) is 0 Å². The van der Waals surface area contributed by atoms with Gasteiger partial charge in [0, 0.05) is 12.7 Å². The number of nitrogens with one attached hydrogen (secondary N) is 3. The van der Waals surface area contributed by atoms with Crippen molar-refractivity contribution < 1.29 is 0 Å². The molecule has 12 heavy (non-hydrogen) atoms. The van der Waals surface area contributed by atoms with E-state index < -0.39 is 0 Å². The summed E-state index contributed by atoms with van der Waals surface area (Å²) >= 11 is 0. The monoisotopic (exact) mass is 171 g/mol. The summed E-state index contributed by atoms with van der Waals surface area (Å²) in [6.07, 6.45) is 3.18. The van der Waals surface area contributed by atoms with Gasteiger partial charge in [-0.1, -0.05) is 6.92 Å². The second kappa shape index (κ2) is 5.17. The second-order valence-electron chi connectivity index (χ2n) is 2.98. The Morgan fingerprint density at radius 1 is 1.25 bits per heavy atom. The Kier molecular flexibility index (Phi) is 4.93. The number of likely N-dealkylation sites (N-methyl/N-ethyl adjacent to an activating group) is 2. The van der Waals surface area contributed by atoms with Crippen LogP contribution in [0.15, 0.2) is 11.8 Å². The van der Waals surface area contributed by atoms with E-state index in [1.165, 1.54) is 5.70 Å². The van der Waals surface area contributed by atoms with Crippen LogP contribution in [0, 0.1) is 0 Å². The molecular weight excluding hydrogens is 150 g/mol. The first-order valence-corrected chi connectivity index (χ1v) is 4.39. The molecule has 0 aromatic carbocycles. The minimum Gasteiger partial charge on any atom is -0.392 e. The molecule has 0 amide bonds. The minimum absolute atomic E-state index is 0.117. The molecule has 72 valence electrons. The van der Waals surface area contributed by atoms with Crippen molar-refractivity contribution >= 4 is 0 Å². The van der Waals surface area contributed by atoms with E-state index in [9.17, 15) is 0 Å². The van der Waals surface area contributed by atoms with Crippen molar-refractivity contribution in [2.24, 2.45) is 0 Å². The predicted molar refractivity (Wildman–Crippen MR) is 54.0 cm³/mol. The van der Waals surface area contributed by atoms with E-state index >= 15 is 0 Å². The third-order valence-electron chi connectivity index (χ3n) is 2.20. The fourth-order valence-electron chi connectivity index (χ4n) is 0.969. The first-order chi connectivity index (χ1) is 5.61. The summed E-state index contributed by atoms with van der Waals surface area (Å²) in [5.74, 6) is 0. The largest absolute Gasteiger partial charge is 0.392 e. The van der Waals surface area contributed by atoms with Gasteiger partial charge in [-0.25, -0.2) is 0 Å². The van der Waals surface area contributed by atoms with Gasteiger partial charge >= 0.3 is 0 Å². The van der Waals surface area contributed by atoms with Gasteiger partial charge in [0.1, 0.15) is 0 Å². The van der Waals surface area contributed by atoms with E-state index in [0.29, 0.717) is 0 Å². The molecular formula is C9H21N3. The smallest absolute Gasteiger partial charge is 0.0864 e. The van der Waals surface area contributed by atoms with Crippen molar-refractivity contribution in [3.05, 3.63) is 11.8 Å². The van der Waals surface area contributed by atoms with Gasteiger partial charge in [-0.2, -0.15) is 0 Å². The molecule has 0 saturated carbocycles. The zero-order chi connectivity index (χ0) is 9.61. The van der Waals surface area contributed by atoms with Crippen molar-refractivity contribution in [2.45, 2.75) is 25.9 Å². The van der Waals surface area contributed by atoms with Crippen molar-refractivity contribution in [3.8, 4) is 0 Å². The zero-order valence-electron chi connectivity index (χ0n) is 8.78. The average Bonchev–Trinajstić information content (AvgIpc) is 2.14. The van der Waals surface area contributed by atoms with Crippen molar-refractivity contribution in [3.63, 3.8) is 0 Å². The Labute approximate surface area is 75.6 Å². The summed E-state index contributed by atoms with van der Waals surface area (Å²) in [5, 5.41) is 9.56. The first kappa shape index (κ1) is 11.5. The maximum Gasteiger partial charge on any atom is 0.0864 e. The van der Waals surface area contributed by atoms with E-state index in [4.69, 9.17) is 0 Å². The molecule has 0 aliphatic carbocycles. The summed E-state index contributed by atoms with van der Waals surface area (Å²) in [5.41, 5.74) is 1.12. The van der Waals surface area contributed by atoms with Crippen molar-refractivity contribution in [2.75, 3.05) is 21.1 Å². The molecule has 0 aromatic rings. The summed E-state index contributed by atoms with van der Waals surface area (Å²) in [6.45, 7) is 4.23. The Bertz CT molecular complexity index is 142. The molecule has 0 heterocycles. The van der Waals surface area contributed by atoms with E-state index in [-0.39, 0.29) is 5.66 Å². The Morgan fingerprint density at radius 2 is 1.75 bits per heavy atom. The number of hydrogen-bond donors (Lipinski definition) is 3. The quantitative estimate of drug-likeness (QED) is 0.532. The molecule has 0 radical (unpaired) electrons. The second-order valence-corrected chi connectivity index (χ2v) is 2.98. The van der Waals surface area contributed by atoms with Crippen LogP contribution in [0.25, 0.3) is 0 Å². The van der Waals surface area contributed by atoms with Crippen LogP contribution in [-0.2, 0) is 0 Å². The fraction of sp³-hybridized carbons (Fsp3) is 0.778. The van der Waals surface area contributed by atoms with E-state index in [0.717, 1.165) is 6.42 Å². The lowest BCUT2D eigenvalue weighted by atomic mass is 10.1. The van der Waals surface area contributed by atoms with Gasteiger partial charge in [0.15, 0.2) is 0 Å². The van der Waals surface area contributed by atoms with Crippen LogP contribution in [0.3, 0.4) is 0 Å². The molecule has 0 unspecified atom stereocenters. The third kappa shape index (κ3) is 3.24. The van der Waals surface area contributed by atoms with Gasteiger partial charge in [0.25, 0.3) is 0 Å². The summed E-state index contributed by atoms with van der Waals surface area (Å²) < 4.78 is 0. The van der Waals surface area contributed by atoms with E-state index in [2.05, 4.69) is 35.9 Å². The molecule has 0 bridgehead atoms. The highest BCUT2D eigenvalue weighted by Gasteiger charge is 2.15. The predicted octanol–water partition coefficient (Wildman–Crippen LogP) is 0.655. The van der Waals surface area contributed by atoms with Crippen LogP contribution in [0.5, 0.6) is 0 Å². The van der Waals surface area contributed by atoms with Gasteiger partial charge in [0.2, 0.25) is 0 Å². The molecule has 3 nitrogen and oxygen atoms in total. The first-order valence-electron chi connectivity index (χ1n) is 4.39. The lowest BCUT2D eigenvalue weighted by molar-refractivity contribution is 0.408. The van der Waals surface area contributed by atoms with Crippen LogP contribution in [0.1, 0.15) is 20.3 Å². The Morgan fingerprint density at radius 3 is 2.00 bits per heavy atom. The Hall–Kier alpha value is -0.540. The van der Waals surface area contributed by atoms with Crippen molar-refractivity contribution in [1.29, 1.82) is 0 Å². The molecule has 3 heteroatoms. The fourth-order valence-corrected chi connectivity index (χ4v) is 0.969. The van der Waals surface area contributed by atoms with E-state index in [1.807, 2.05) is 21.1 Å². The molecule has 0 spiro atoms. The highest BCUT2D eigenvalue weighted by Crippen LogP contribution is 2.04. The molecule has 3 N–H and O–H groups in total. The third-order valence-corrected chi connectivity index (χ3v) is 2.20. The maximum absolute atomic E-state index is 3.20. The summed E-state index contributed by atoms with van der Waals surface area (Å²) in [6, 6.07) is 0. The van der Waals surface area contributed by atoms with Gasteiger partial charge < -0.3 is 5.32 Å². The highest BCUT2D eigenvalue weighted by atomic mass is 15.1. The molecule has 0 aliphatic rings. The zero-order valence-corrected chi connectivity index (χ0v) is 8.78. The molecule has 0 atom stereocenters. The maximum atomic E-state index is 3.20. The van der Waals surface area contributed by atoms with E-state index in [1.54, 1.807) is 0 Å². The average molecular weight is 171 g/mol. The standard InChI is InChI=1S/C9H21N3/c1-6-8(10-3)7-9(2,11-4)12-5/h7,10-12H,6H2,1-5H3/b8-7-.